The van der Waals surface area contributed by atoms with Crippen molar-refractivity contribution in [1.82, 2.24) is 34.4 Å². The molecule has 3 fully saturated rings. The van der Waals surface area contributed by atoms with E-state index in [0.29, 0.717) is 42.9 Å². The highest BCUT2D eigenvalue weighted by atomic mass is 16.2. The van der Waals surface area contributed by atoms with Gasteiger partial charge in [0.1, 0.15) is 5.69 Å². The van der Waals surface area contributed by atoms with Crippen LogP contribution in [-0.2, 0) is 0 Å². The molecule has 11 nitrogen and oxygen atoms in total. The van der Waals surface area contributed by atoms with Crippen LogP contribution in [0.1, 0.15) is 80.7 Å². The van der Waals surface area contributed by atoms with Gasteiger partial charge in [0.15, 0.2) is 17.0 Å². The molecule has 4 aromatic rings. The molecule has 41 heavy (non-hydrogen) atoms. The van der Waals surface area contributed by atoms with Gasteiger partial charge in [-0.25, -0.2) is 9.97 Å². The first-order valence-electron chi connectivity index (χ1n) is 15.1. The smallest absolute Gasteiger partial charge is 0.274 e. The minimum absolute atomic E-state index is 0.0693. The predicted octanol–water partition coefficient (Wildman–Crippen LogP) is 4.28. The standard InChI is InChI=1S/C30H38N10O/c31-19-9-11-20(12-10-19)35-30-37-27(26-28(38-30)40(18-33-26)22-5-1-2-6-22)34-21-13-15-39(16-14-21)29(41)25-17-32-23-7-3-4-8-24(23)36-25/h3-4,7-8,17-22H,1-2,5-6,9-16,31H2,(H2,34,35,37,38). The molecule has 214 valence electrons. The molecule has 0 bridgehead atoms. The van der Waals surface area contributed by atoms with Gasteiger partial charge in [0.2, 0.25) is 5.95 Å². The lowest BCUT2D eigenvalue weighted by Gasteiger charge is -2.32. The molecule has 0 radical (unpaired) electrons. The number of aromatic nitrogens is 6. The van der Waals surface area contributed by atoms with Gasteiger partial charge in [-0.1, -0.05) is 25.0 Å². The van der Waals surface area contributed by atoms with Crippen molar-refractivity contribution in [3.63, 3.8) is 0 Å². The lowest BCUT2D eigenvalue weighted by atomic mass is 9.92. The number of carbonyl (C=O) groups is 1. The van der Waals surface area contributed by atoms with E-state index in [9.17, 15) is 4.79 Å². The average Bonchev–Trinajstić information content (AvgIpc) is 3.69. The van der Waals surface area contributed by atoms with Crippen molar-refractivity contribution in [2.45, 2.75) is 88.4 Å². The van der Waals surface area contributed by atoms with E-state index in [1.165, 1.54) is 12.8 Å². The van der Waals surface area contributed by atoms with E-state index in [4.69, 9.17) is 20.7 Å². The fourth-order valence-corrected chi connectivity index (χ4v) is 6.62. The number of rotatable bonds is 6. The summed E-state index contributed by atoms with van der Waals surface area (Å²) in [5.41, 5.74) is 9.77. The molecule has 1 aliphatic heterocycles. The molecule has 3 aromatic heterocycles. The highest BCUT2D eigenvalue weighted by Gasteiger charge is 2.28. The highest BCUT2D eigenvalue weighted by molar-refractivity contribution is 5.94. The third-order valence-electron chi connectivity index (χ3n) is 9.04. The van der Waals surface area contributed by atoms with E-state index in [1.54, 1.807) is 6.20 Å². The number of carbonyl (C=O) groups excluding carboxylic acids is 1. The van der Waals surface area contributed by atoms with Gasteiger partial charge >= 0.3 is 0 Å². The average molecular weight is 555 g/mol. The first kappa shape index (κ1) is 26.1. The zero-order chi connectivity index (χ0) is 27.8. The summed E-state index contributed by atoms with van der Waals surface area (Å²) < 4.78 is 2.25. The van der Waals surface area contributed by atoms with Crippen LogP contribution in [0.25, 0.3) is 22.2 Å². The van der Waals surface area contributed by atoms with Crippen molar-refractivity contribution in [2.75, 3.05) is 23.7 Å². The van der Waals surface area contributed by atoms with Crippen molar-refractivity contribution >= 4 is 39.9 Å². The van der Waals surface area contributed by atoms with Gasteiger partial charge in [0, 0.05) is 37.3 Å². The van der Waals surface area contributed by atoms with Crippen molar-refractivity contribution in [1.29, 1.82) is 0 Å². The van der Waals surface area contributed by atoms with Crippen LogP contribution in [0.5, 0.6) is 0 Å². The van der Waals surface area contributed by atoms with E-state index in [0.717, 1.165) is 79.4 Å². The van der Waals surface area contributed by atoms with E-state index < -0.39 is 0 Å². The molecule has 1 saturated heterocycles. The SMILES string of the molecule is NC1CCC(Nc2nc(NC3CCN(C(=O)c4cnc5ccccc5n4)CC3)c3ncn(C4CCCC4)c3n2)CC1. The molecule has 4 heterocycles. The van der Waals surface area contributed by atoms with Gasteiger partial charge < -0.3 is 25.8 Å². The Morgan fingerprint density at radius 2 is 1.56 bits per heavy atom. The number of nitrogens with two attached hydrogens (primary N) is 1. The van der Waals surface area contributed by atoms with Crippen LogP contribution in [0, 0.1) is 0 Å². The van der Waals surface area contributed by atoms with Crippen LogP contribution >= 0.6 is 0 Å². The minimum atomic E-state index is -0.0693. The first-order valence-corrected chi connectivity index (χ1v) is 15.1. The molecular formula is C30H38N10O. The quantitative estimate of drug-likeness (QED) is 0.318. The summed E-state index contributed by atoms with van der Waals surface area (Å²) in [6.45, 7) is 1.28. The molecule has 3 aliphatic rings. The third kappa shape index (κ3) is 5.42. The molecule has 11 heteroatoms. The maximum Gasteiger partial charge on any atom is 0.274 e. The maximum absolute atomic E-state index is 13.2. The Hall–Kier alpha value is -3.86. The zero-order valence-electron chi connectivity index (χ0n) is 23.4. The number of piperidine rings is 1. The Balaban J connectivity index is 1.08. The van der Waals surface area contributed by atoms with Crippen molar-refractivity contribution in [3.05, 3.63) is 42.5 Å². The summed E-state index contributed by atoms with van der Waals surface area (Å²) in [4.78, 5) is 38.8. The molecule has 0 unspecified atom stereocenters. The second-order valence-corrected chi connectivity index (χ2v) is 11.9. The number of nitrogens with zero attached hydrogens (tertiary/aromatic N) is 7. The van der Waals surface area contributed by atoms with Gasteiger partial charge in [-0.3, -0.25) is 9.78 Å². The molecule has 1 aromatic carbocycles. The highest BCUT2D eigenvalue weighted by Crippen LogP contribution is 2.34. The maximum atomic E-state index is 13.2. The Morgan fingerprint density at radius 3 is 2.34 bits per heavy atom. The second kappa shape index (κ2) is 11.2. The van der Waals surface area contributed by atoms with E-state index in [-0.39, 0.29) is 11.9 Å². The van der Waals surface area contributed by atoms with Gasteiger partial charge in [-0.2, -0.15) is 9.97 Å². The number of amides is 1. The number of benzene rings is 1. The molecule has 7 rings (SSSR count). The summed E-state index contributed by atoms with van der Waals surface area (Å²) in [5, 5.41) is 7.29. The number of likely N-dealkylation sites (tertiary alicyclic amines) is 1. The Labute approximate surface area is 239 Å². The number of anilines is 2. The number of nitrogens with one attached hydrogen (secondary N) is 2. The van der Waals surface area contributed by atoms with E-state index in [1.807, 2.05) is 35.5 Å². The van der Waals surface area contributed by atoms with Crippen molar-refractivity contribution < 1.29 is 4.79 Å². The summed E-state index contributed by atoms with van der Waals surface area (Å²) in [6, 6.07) is 8.87. The number of imidazole rings is 1. The monoisotopic (exact) mass is 554 g/mol. The van der Waals surface area contributed by atoms with Gasteiger partial charge in [0.25, 0.3) is 5.91 Å². The van der Waals surface area contributed by atoms with Crippen LogP contribution < -0.4 is 16.4 Å². The first-order chi connectivity index (χ1) is 20.1. The lowest BCUT2D eigenvalue weighted by molar-refractivity contribution is 0.0712. The normalized spacial score (nSPS) is 22.4. The molecule has 0 spiro atoms. The van der Waals surface area contributed by atoms with Crippen molar-refractivity contribution in [3.8, 4) is 0 Å². The fourth-order valence-electron chi connectivity index (χ4n) is 6.62. The molecule has 2 saturated carbocycles. The minimum Gasteiger partial charge on any atom is -0.365 e. The second-order valence-electron chi connectivity index (χ2n) is 11.9. The summed E-state index contributed by atoms with van der Waals surface area (Å²) in [7, 11) is 0. The number of para-hydroxylation sites is 2. The van der Waals surface area contributed by atoms with E-state index >= 15 is 0 Å². The molecule has 0 atom stereocenters. The van der Waals surface area contributed by atoms with Crippen LogP contribution in [0.4, 0.5) is 11.8 Å². The number of hydrogen-bond donors (Lipinski definition) is 3. The van der Waals surface area contributed by atoms with Crippen molar-refractivity contribution in [2.24, 2.45) is 5.73 Å². The van der Waals surface area contributed by atoms with Crippen LogP contribution in [0.15, 0.2) is 36.8 Å². The predicted molar refractivity (Wildman–Crippen MR) is 159 cm³/mol. The topological polar surface area (TPSA) is 140 Å². The van der Waals surface area contributed by atoms with Gasteiger partial charge in [0.05, 0.1) is 23.6 Å². The molecule has 4 N–H and O–H groups in total. The summed E-state index contributed by atoms with van der Waals surface area (Å²) >= 11 is 0. The zero-order valence-corrected chi connectivity index (χ0v) is 23.4. The van der Waals surface area contributed by atoms with Gasteiger partial charge in [-0.05, 0) is 63.5 Å². The van der Waals surface area contributed by atoms with Gasteiger partial charge in [-0.15, -0.1) is 0 Å². The summed E-state index contributed by atoms with van der Waals surface area (Å²) in [5.74, 6) is 1.36. The third-order valence-corrected chi connectivity index (χ3v) is 9.04. The largest absolute Gasteiger partial charge is 0.365 e. The van der Waals surface area contributed by atoms with Crippen LogP contribution in [-0.4, -0.2) is 71.5 Å². The van der Waals surface area contributed by atoms with Crippen LogP contribution in [0.3, 0.4) is 0 Å². The Morgan fingerprint density at radius 1 is 0.829 bits per heavy atom. The summed E-state index contributed by atoms with van der Waals surface area (Å²) in [6.07, 6.45) is 14.1. The Kier molecular flexibility index (Phi) is 7.12. The molecule has 1 amide bonds. The van der Waals surface area contributed by atoms with E-state index in [2.05, 4.69) is 25.2 Å². The number of hydrogen-bond acceptors (Lipinski definition) is 9. The van der Waals surface area contributed by atoms with Crippen LogP contribution in [0.2, 0.25) is 0 Å². The molecular weight excluding hydrogens is 516 g/mol. The lowest BCUT2D eigenvalue weighted by Crippen LogP contribution is -2.42. The fraction of sp³-hybridized carbons (Fsp3) is 0.533. The number of fused-ring (bicyclic) bond motifs is 2. The Bertz CT molecular complexity index is 1530. The molecule has 2 aliphatic carbocycles.